The highest BCUT2D eigenvalue weighted by molar-refractivity contribution is 6.47. The third-order valence-corrected chi connectivity index (χ3v) is 4.63. The van der Waals surface area contributed by atoms with E-state index in [1.807, 2.05) is 0 Å². The van der Waals surface area contributed by atoms with Crippen molar-refractivity contribution in [1.29, 1.82) is 0 Å². The second-order valence-electron chi connectivity index (χ2n) is 5.16. The molecule has 3 nitrogen and oxygen atoms in total. The van der Waals surface area contributed by atoms with Gasteiger partial charge in [0, 0.05) is 13.2 Å². The van der Waals surface area contributed by atoms with Gasteiger partial charge in [0.05, 0.1) is 5.56 Å². The van der Waals surface area contributed by atoms with Gasteiger partial charge in [0.25, 0.3) is 6.48 Å². The van der Waals surface area contributed by atoms with Crippen molar-refractivity contribution in [1.82, 2.24) is 0 Å². The van der Waals surface area contributed by atoms with Crippen molar-refractivity contribution in [3.8, 4) is 11.1 Å². The lowest BCUT2D eigenvalue weighted by molar-refractivity contribution is -0.242. The van der Waals surface area contributed by atoms with Crippen LogP contribution in [0, 0.1) is 29.1 Å². The quantitative estimate of drug-likeness (QED) is 0.227. The van der Waals surface area contributed by atoms with E-state index in [1.165, 1.54) is 18.2 Å². The molecule has 2 aromatic carbocycles. The van der Waals surface area contributed by atoms with Gasteiger partial charge < -0.3 is 13.9 Å². The van der Waals surface area contributed by atoms with Crippen LogP contribution in [0.4, 0.5) is 22.0 Å². The largest absolute Gasteiger partial charge is 0.373 e. The summed E-state index contributed by atoms with van der Waals surface area (Å²) < 4.78 is 83.9. The fourth-order valence-corrected chi connectivity index (χ4v) is 3.31. The predicted octanol–water partition coefficient (Wildman–Crippen LogP) is 3.13. The zero-order valence-electron chi connectivity index (χ0n) is 14.1. The molecule has 9 heteroatoms. The summed E-state index contributed by atoms with van der Waals surface area (Å²) in [7, 11) is -1.43. The first-order chi connectivity index (χ1) is 12.4. The molecule has 0 bridgehead atoms. The van der Waals surface area contributed by atoms with E-state index in [0.29, 0.717) is 18.4 Å². The Morgan fingerprint density at radius 2 is 1.38 bits per heavy atom. The summed E-state index contributed by atoms with van der Waals surface area (Å²) in [5, 5.41) is 0.579. The Labute approximate surface area is 149 Å². The lowest BCUT2D eigenvalue weighted by Gasteiger charge is -2.17. The SMILES string of the molecule is CCOC(OCC)O[SiH2]c1cccc(-c2c(F)c(F)c(F)c(F)c2F)c1. The maximum atomic E-state index is 14.0. The number of hydrogen-bond donors (Lipinski definition) is 0. The Morgan fingerprint density at radius 3 is 1.92 bits per heavy atom. The number of benzene rings is 2. The highest BCUT2D eigenvalue weighted by atomic mass is 28.2. The number of hydrogen-bond acceptors (Lipinski definition) is 3. The Morgan fingerprint density at radius 1 is 0.846 bits per heavy atom. The molecule has 0 aromatic heterocycles. The Kier molecular flexibility index (Phi) is 7.27. The summed E-state index contributed by atoms with van der Waals surface area (Å²) in [5.41, 5.74) is -1.10. The van der Waals surface area contributed by atoms with Crippen molar-refractivity contribution < 1.29 is 35.9 Å². The average molecular weight is 392 g/mol. The van der Waals surface area contributed by atoms with Crippen LogP contribution in [0.15, 0.2) is 24.3 Å². The van der Waals surface area contributed by atoms with Crippen LogP contribution in [0.3, 0.4) is 0 Å². The number of ether oxygens (including phenoxy) is 2. The molecule has 0 unspecified atom stereocenters. The maximum Gasteiger partial charge on any atom is 0.261 e. The van der Waals surface area contributed by atoms with Gasteiger partial charge in [-0.15, -0.1) is 0 Å². The molecule has 0 spiro atoms. The Bertz CT molecular complexity index is 737. The van der Waals surface area contributed by atoms with Crippen LogP contribution < -0.4 is 5.19 Å². The second-order valence-corrected chi connectivity index (χ2v) is 6.59. The van der Waals surface area contributed by atoms with Crippen molar-refractivity contribution in [2.24, 2.45) is 0 Å². The van der Waals surface area contributed by atoms with Gasteiger partial charge >= 0.3 is 0 Å². The summed E-state index contributed by atoms with van der Waals surface area (Å²) in [6.45, 7) is 3.39. The van der Waals surface area contributed by atoms with Crippen molar-refractivity contribution >= 4 is 14.9 Å². The zero-order valence-corrected chi connectivity index (χ0v) is 15.5. The highest BCUT2D eigenvalue weighted by Gasteiger charge is 2.26. The van der Waals surface area contributed by atoms with Gasteiger partial charge in [-0.3, -0.25) is 0 Å². The van der Waals surface area contributed by atoms with Crippen LogP contribution in [0.2, 0.25) is 0 Å². The predicted molar refractivity (Wildman–Crippen MR) is 88.0 cm³/mol. The highest BCUT2D eigenvalue weighted by Crippen LogP contribution is 2.30. The standard InChI is InChI=1S/C17H17F5O3Si/c1-3-23-17(24-4-2)25-26-10-7-5-6-9(8-10)11-12(18)14(20)16(22)15(21)13(11)19/h5-8,17H,3-4,26H2,1-2H3. The molecule has 0 fully saturated rings. The lowest BCUT2D eigenvalue weighted by Crippen LogP contribution is -2.28. The Balaban J connectivity index is 2.30. The van der Waals surface area contributed by atoms with E-state index < -0.39 is 50.9 Å². The molecular weight excluding hydrogens is 375 g/mol. The molecule has 2 rings (SSSR count). The molecule has 2 aromatic rings. The zero-order chi connectivity index (χ0) is 19.3. The fraction of sp³-hybridized carbons (Fsp3) is 0.294. The van der Waals surface area contributed by atoms with Gasteiger partial charge in [0.2, 0.25) is 5.82 Å². The minimum atomic E-state index is -2.19. The van der Waals surface area contributed by atoms with Crippen molar-refractivity contribution in [3.05, 3.63) is 53.4 Å². The first kappa shape index (κ1) is 20.5. The van der Waals surface area contributed by atoms with Crippen LogP contribution in [-0.4, -0.2) is 29.5 Å². The summed E-state index contributed by atoms with van der Waals surface area (Å²) in [4.78, 5) is 0. The van der Waals surface area contributed by atoms with Crippen molar-refractivity contribution in [2.75, 3.05) is 13.2 Å². The fourth-order valence-electron chi connectivity index (χ4n) is 2.26. The van der Waals surface area contributed by atoms with Crippen molar-refractivity contribution in [2.45, 2.75) is 20.3 Å². The molecule has 0 heterocycles. The van der Waals surface area contributed by atoms with Gasteiger partial charge in [-0.25, -0.2) is 22.0 Å². The molecule has 0 saturated heterocycles. The molecule has 142 valence electrons. The monoisotopic (exact) mass is 392 g/mol. The lowest BCUT2D eigenvalue weighted by atomic mass is 10.0. The van der Waals surface area contributed by atoms with E-state index in [2.05, 4.69) is 0 Å². The van der Waals surface area contributed by atoms with Gasteiger partial charge in [0.1, 0.15) is 0 Å². The number of rotatable bonds is 8. The number of halogens is 5. The molecule has 0 amide bonds. The molecule has 0 aliphatic heterocycles. The van der Waals surface area contributed by atoms with E-state index in [1.54, 1.807) is 19.9 Å². The summed E-state index contributed by atoms with van der Waals surface area (Å²) in [5.74, 6) is -9.89. The van der Waals surface area contributed by atoms with E-state index in [9.17, 15) is 22.0 Å². The summed E-state index contributed by atoms with van der Waals surface area (Å²) in [6.07, 6.45) is 0. The normalized spacial score (nSPS) is 11.8. The van der Waals surface area contributed by atoms with E-state index >= 15 is 0 Å². The van der Waals surface area contributed by atoms with Gasteiger partial charge in [-0.1, -0.05) is 24.3 Å². The summed E-state index contributed by atoms with van der Waals surface area (Å²) in [6, 6.07) is 5.68. The van der Waals surface area contributed by atoms with Crippen LogP contribution in [-0.2, 0) is 13.9 Å². The van der Waals surface area contributed by atoms with Crippen LogP contribution in [0.5, 0.6) is 0 Å². The molecule has 0 saturated carbocycles. The van der Waals surface area contributed by atoms with Gasteiger partial charge in [-0.05, 0) is 24.6 Å². The van der Waals surface area contributed by atoms with Crippen LogP contribution in [0.1, 0.15) is 13.8 Å². The minimum absolute atomic E-state index is 0.129. The average Bonchev–Trinajstić information content (AvgIpc) is 2.64. The third kappa shape index (κ3) is 4.47. The molecule has 26 heavy (non-hydrogen) atoms. The van der Waals surface area contributed by atoms with Gasteiger partial charge in [0.15, 0.2) is 33.0 Å². The summed E-state index contributed by atoms with van der Waals surface area (Å²) >= 11 is 0. The van der Waals surface area contributed by atoms with Crippen LogP contribution in [0.25, 0.3) is 11.1 Å². The Hall–Kier alpha value is -1.81. The maximum absolute atomic E-state index is 14.0. The third-order valence-electron chi connectivity index (χ3n) is 3.42. The smallest absolute Gasteiger partial charge is 0.261 e. The molecular formula is C17H17F5O3Si. The van der Waals surface area contributed by atoms with Crippen molar-refractivity contribution in [3.63, 3.8) is 0 Å². The first-order valence-corrected chi connectivity index (χ1v) is 9.14. The molecule has 0 atom stereocenters. The van der Waals surface area contributed by atoms with Gasteiger partial charge in [-0.2, -0.15) is 0 Å². The molecule has 0 radical (unpaired) electrons. The topological polar surface area (TPSA) is 27.7 Å². The molecule has 0 N–H and O–H groups in total. The molecule has 0 aliphatic carbocycles. The van der Waals surface area contributed by atoms with E-state index in [0.717, 1.165) is 0 Å². The first-order valence-electron chi connectivity index (χ1n) is 7.86. The molecule has 0 aliphatic rings. The second kappa shape index (κ2) is 9.22. The van der Waals surface area contributed by atoms with Crippen LogP contribution >= 0.6 is 0 Å². The van der Waals surface area contributed by atoms with E-state index in [4.69, 9.17) is 13.9 Å². The minimum Gasteiger partial charge on any atom is -0.373 e. The van der Waals surface area contributed by atoms with E-state index in [-0.39, 0.29) is 5.56 Å².